The van der Waals surface area contributed by atoms with Crippen LogP contribution in [0.4, 0.5) is 0 Å². The van der Waals surface area contributed by atoms with Crippen LogP contribution in [0.2, 0.25) is 0 Å². The Balaban J connectivity index is 1.56. The van der Waals surface area contributed by atoms with Gasteiger partial charge in [-0.1, -0.05) is 0 Å². The molecule has 1 aromatic heterocycles. The molecule has 18 nitrogen and oxygen atoms in total. The predicted molar refractivity (Wildman–Crippen MR) is 107 cm³/mol. The normalized spacial score (nSPS) is 37.0. The monoisotopic (exact) mass is 550 g/mol. The van der Waals surface area contributed by atoms with Crippen molar-refractivity contribution in [2.75, 3.05) is 13.2 Å². The van der Waals surface area contributed by atoms with E-state index in [9.17, 15) is 54.0 Å². The molecule has 0 bridgehead atoms. The van der Waals surface area contributed by atoms with Gasteiger partial charge in [-0.25, -0.2) is 13.9 Å². The fourth-order valence-corrected chi connectivity index (χ4v) is 5.40. The van der Waals surface area contributed by atoms with Crippen molar-refractivity contribution in [1.82, 2.24) is 9.55 Å². The molecule has 20 heteroatoms. The van der Waals surface area contributed by atoms with Crippen LogP contribution in [0.25, 0.3) is 0 Å². The molecule has 0 saturated carbocycles. The summed E-state index contributed by atoms with van der Waals surface area (Å²) in [6.45, 7) is -1.90. The van der Waals surface area contributed by atoms with Gasteiger partial charge in [0.15, 0.2) is 12.5 Å². The van der Waals surface area contributed by atoms with Crippen molar-refractivity contribution in [1.29, 1.82) is 0 Å². The van der Waals surface area contributed by atoms with Crippen molar-refractivity contribution in [2.45, 2.75) is 55.6 Å². The predicted octanol–water partition coefficient (Wildman–Crippen LogP) is -3.76. The van der Waals surface area contributed by atoms with Gasteiger partial charge in [0.2, 0.25) is 0 Å². The van der Waals surface area contributed by atoms with Gasteiger partial charge in [0.25, 0.3) is 5.56 Å². The fraction of sp³-hybridized carbons (Fsp3) is 0.733. The van der Waals surface area contributed by atoms with Gasteiger partial charge in [-0.05, 0) is 0 Å². The van der Waals surface area contributed by atoms with Gasteiger partial charge < -0.3 is 44.8 Å². The summed E-state index contributed by atoms with van der Waals surface area (Å²) in [4.78, 5) is 44.4. The van der Waals surface area contributed by atoms with Crippen LogP contribution in [0, 0.1) is 0 Å². The number of aliphatic hydroxyl groups is 5. The number of phosphoric acid groups is 2. The number of aromatic amines is 1. The maximum atomic E-state index is 12.1. The number of nitrogens with one attached hydrogen (secondary N) is 1. The van der Waals surface area contributed by atoms with Crippen LogP contribution in [0.1, 0.15) is 12.6 Å². The first-order chi connectivity index (χ1) is 16.2. The first kappa shape index (κ1) is 28.2. The van der Waals surface area contributed by atoms with E-state index < -0.39 is 89.2 Å². The van der Waals surface area contributed by atoms with Gasteiger partial charge in [0.05, 0.1) is 19.3 Å². The summed E-state index contributed by atoms with van der Waals surface area (Å²) in [5, 5.41) is 49.0. The molecule has 2 unspecified atom stereocenters. The molecule has 1 aromatic rings. The molecule has 2 aliphatic heterocycles. The van der Waals surface area contributed by atoms with Crippen LogP contribution in [-0.2, 0) is 32.0 Å². The molecule has 0 radical (unpaired) electrons. The Bertz CT molecular complexity index is 1090. The van der Waals surface area contributed by atoms with Crippen LogP contribution in [0.3, 0.4) is 0 Å². The van der Waals surface area contributed by atoms with Crippen molar-refractivity contribution >= 4 is 15.6 Å². The topological polar surface area (TPSA) is 277 Å². The highest BCUT2D eigenvalue weighted by atomic mass is 31.3. The van der Waals surface area contributed by atoms with Crippen LogP contribution in [0.15, 0.2) is 21.9 Å². The Morgan fingerprint density at radius 2 is 1.51 bits per heavy atom. The number of H-pyrrole nitrogens is 1. The van der Waals surface area contributed by atoms with Gasteiger partial charge in [-0.3, -0.25) is 23.4 Å². The molecule has 2 fully saturated rings. The van der Waals surface area contributed by atoms with Gasteiger partial charge in [0.1, 0.15) is 30.5 Å². The molecule has 3 rings (SSSR count). The first-order valence-electron chi connectivity index (χ1n) is 9.88. The molecular formula is C15H24N2O16P2. The smallest absolute Gasteiger partial charge is 0.390 e. The van der Waals surface area contributed by atoms with E-state index in [1.54, 1.807) is 0 Å². The molecule has 200 valence electrons. The molecule has 2 aliphatic rings. The quantitative estimate of drug-likeness (QED) is 0.137. The van der Waals surface area contributed by atoms with Crippen LogP contribution in [0.5, 0.6) is 0 Å². The average molecular weight is 550 g/mol. The van der Waals surface area contributed by atoms with Gasteiger partial charge in [-0.15, -0.1) is 0 Å². The minimum Gasteiger partial charge on any atom is -0.390 e. The molecule has 35 heavy (non-hydrogen) atoms. The van der Waals surface area contributed by atoms with Crippen molar-refractivity contribution < 1.29 is 67.3 Å². The minimum atomic E-state index is -5.36. The van der Waals surface area contributed by atoms with E-state index in [-0.39, 0.29) is 6.42 Å². The van der Waals surface area contributed by atoms with Gasteiger partial charge >= 0.3 is 21.3 Å². The largest absolute Gasteiger partial charge is 0.481 e. The van der Waals surface area contributed by atoms with Crippen molar-refractivity contribution in [3.8, 4) is 0 Å². The van der Waals surface area contributed by atoms with E-state index in [0.29, 0.717) is 0 Å². The zero-order chi connectivity index (χ0) is 26.1. The van der Waals surface area contributed by atoms with Crippen LogP contribution < -0.4 is 11.2 Å². The molecule has 0 aliphatic carbocycles. The number of rotatable bonds is 9. The second-order valence-corrected chi connectivity index (χ2v) is 10.6. The SMILES string of the molecule is O=c1ccn([C@@H]2O[C@H](COP(=O)(O)OP(=O)(O)OC[C@H]3O[C@H](O)C[C@@H](O)[C@@H]3O)[C@@H](O)[C@H]2O)c(=O)[nH]1. The summed E-state index contributed by atoms with van der Waals surface area (Å²) in [7, 11) is -10.7. The van der Waals surface area contributed by atoms with Crippen molar-refractivity contribution in [3.05, 3.63) is 33.1 Å². The lowest BCUT2D eigenvalue weighted by atomic mass is 10.0. The Labute approximate surface area is 195 Å². The number of hydrogen-bond acceptors (Lipinski definition) is 14. The zero-order valence-corrected chi connectivity index (χ0v) is 19.3. The lowest BCUT2D eigenvalue weighted by Gasteiger charge is -2.34. The van der Waals surface area contributed by atoms with E-state index in [1.807, 2.05) is 4.98 Å². The third-order valence-electron chi connectivity index (χ3n) is 5.02. The molecule has 0 amide bonds. The molecule has 8 N–H and O–H groups in total. The summed E-state index contributed by atoms with van der Waals surface area (Å²) in [5.74, 6) is 0. The van der Waals surface area contributed by atoms with E-state index in [2.05, 4.69) is 13.4 Å². The number of nitrogens with zero attached hydrogens (tertiary/aromatic N) is 1. The Kier molecular flexibility index (Phi) is 8.84. The highest BCUT2D eigenvalue weighted by molar-refractivity contribution is 7.61. The average Bonchev–Trinajstić information content (AvgIpc) is 3.01. The van der Waals surface area contributed by atoms with E-state index >= 15 is 0 Å². The zero-order valence-electron chi connectivity index (χ0n) is 17.5. The standard InChI is InChI=1S/C15H24N2O16P2/c18-6-3-10(20)31-7(11(6)21)4-29-34(25,26)33-35(27,28)30-5-8-12(22)13(23)14(32-8)17-2-1-9(19)16-15(17)24/h1-2,6-8,10-14,18,20-23H,3-5H2,(H,25,26)(H,27,28)(H,16,19,24)/t6-,7-,8-,10+,11+,12-,13-,14-/m1/s1. The first-order valence-corrected chi connectivity index (χ1v) is 12.9. The van der Waals surface area contributed by atoms with E-state index in [0.717, 1.165) is 16.8 Å². The maximum Gasteiger partial charge on any atom is 0.481 e. The lowest BCUT2D eigenvalue weighted by Crippen LogP contribution is -2.50. The van der Waals surface area contributed by atoms with Crippen LogP contribution in [-0.4, -0.2) is 101 Å². The number of aromatic nitrogens is 2. The summed E-state index contributed by atoms with van der Waals surface area (Å²) >= 11 is 0. The van der Waals surface area contributed by atoms with Gasteiger partial charge in [-0.2, -0.15) is 4.31 Å². The second kappa shape index (κ2) is 11.0. The third-order valence-corrected chi connectivity index (χ3v) is 7.62. The Morgan fingerprint density at radius 1 is 0.943 bits per heavy atom. The summed E-state index contributed by atoms with van der Waals surface area (Å²) in [6.07, 6.45) is -11.9. The molecule has 0 spiro atoms. The minimum absolute atomic E-state index is 0.327. The molecule has 2 saturated heterocycles. The molecular weight excluding hydrogens is 526 g/mol. The Hall–Kier alpha value is -1.34. The number of hydrogen-bond donors (Lipinski definition) is 8. The number of aliphatic hydroxyl groups excluding tert-OH is 5. The maximum absolute atomic E-state index is 12.1. The van der Waals surface area contributed by atoms with E-state index in [1.165, 1.54) is 0 Å². The Morgan fingerprint density at radius 3 is 2.09 bits per heavy atom. The third kappa shape index (κ3) is 7.12. The highest BCUT2D eigenvalue weighted by Crippen LogP contribution is 2.60. The van der Waals surface area contributed by atoms with Crippen molar-refractivity contribution in [3.63, 3.8) is 0 Å². The summed E-state index contributed by atoms with van der Waals surface area (Å²) in [6, 6.07) is 0.945. The van der Waals surface area contributed by atoms with Crippen LogP contribution >= 0.6 is 15.6 Å². The fourth-order valence-electron chi connectivity index (χ4n) is 3.31. The summed E-state index contributed by atoms with van der Waals surface area (Å²) in [5.41, 5.74) is -1.71. The number of ether oxygens (including phenoxy) is 2. The van der Waals surface area contributed by atoms with Crippen molar-refractivity contribution in [2.24, 2.45) is 0 Å². The lowest BCUT2D eigenvalue weighted by molar-refractivity contribution is -0.238. The van der Waals surface area contributed by atoms with E-state index in [4.69, 9.17) is 9.47 Å². The number of phosphoric ester groups is 2. The molecule has 10 atom stereocenters. The molecule has 3 heterocycles. The summed E-state index contributed by atoms with van der Waals surface area (Å²) < 4.78 is 48.0. The molecule has 0 aromatic carbocycles. The second-order valence-electron chi connectivity index (χ2n) is 7.60. The van der Waals surface area contributed by atoms with Gasteiger partial charge in [0, 0.05) is 18.7 Å². The highest BCUT2D eigenvalue weighted by Gasteiger charge is 2.46.